The van der Waals surface area contributed by atoms with E-state index in [1.165, 1.54) is 16.7 Å². The Balaban J connectivity index is 2.15. The zero-order valence-electron chi connectivity index (χ0n) is 10.7. The van der Waals surface area contributed by atoms with Crippen LogP contribution in [0.5, 0.6) is 5.75 Å². The maximum absolute atomic E-state index is 11.7. The van der Waals surface area contributed by atoms with Crippen molar-refractivity contribution in [2.24, 2.45) is 0 Å². The second-order valence-electron chi connectivity index (χ2n) is 5.43. The van der Waals surface area contributed by atoms with E-state index in [0.717, 1.165) is 19.3 Å². The fourth-order valence-corrected chi connectivity index (χ4v) is 3.60. The molecule has 1 N–H and O–H groups in total. The first-order chi connectivity index (χ1) is 8.65. The molecule has 0 bridgehead atoms. The predicted octanol–water partition coefficient (Wildman–Crippen LogP) is 3.28. The lowest BCUT2D eigenvalue weighted by atomic mass is 9.60. The average molecular weight is 242 g/mol. The van der Waals surface area contributed by atoms with Crippen molar-refractivity contribution in [3.05, 3.63) is 41.0 Å². The molecule has 0 radical (unpaired) electrons. The highest BCUT2D eigenvalue weighted by Crippen LogP contribution is 2.49. The number of aromatic hydroxyl groups is 1. The number of Topliss-reactive ketones (excluding diaryl/α,β-unsaturated/α-hetero) is 1. The van der Waals surface area contributed by atoms with Crippen molar-refractivity contribution in [3.8, 4) is 5.75 Å². The van der Waals surface area contributed by atoms with E-state index < -0.39 is 0 Å². The summed E-state index contributed by atoms with van der Waals surface area (Å²) in [7, 11) is 0. The molecule has 0 spiro atoms. The van der Waals surface area contributed by atoms with Crippen LogP contribution in [-0.2, 0) is 16.6 Å². The number of benzene rings is 1. The molecule has 2 aliphatic carbocycles. The summed E-state index contributed by atoms with van der Waals surface area (Å²) in [6.07, 6.45) is 6.31. The molecule has 0 heterocycles. The Morgan fingerprint density at radius 3 is 3.00 bits per heavy atom. The molecule has 0 amide bonds. The zero-order chi connectivity index (χ0) is 12.8. The monoisotopic (exact) mass is 242 g/mol. The summed E-state index contributed by atoms with van der Waals surface area (Å²) in [4.78, 5) is 11.7. The van der Waals surface area contributed by atoms with Crippen molar-refractivity contribution >= 4 is 5.78 Å². The average Bonchev–Trinajstić information content (AvgIpc) is 2.38. The van der Waals surface area contributed by atoms with Crippen molar-refractivity contribution in [1.82, 2.24) is 0 Å². The van der Waals surface area contributed by atoms with Gasteiger partial charge < -0.3 is 5.11 Å². The number of rotatable bonds is 1. The number of hydrogen-bond acceptors (Lipinski definition) is 2. The largest absolute Gasteiger partial charge is 0.508 e. The molecule has 0 aliphatic heterocycles. The minimum absolute atomic E-state index is 0.0508. The number of allylic oxidation sites excluding steroid dienone is 2. The second kappa shape index (κ2) is 3.98. The Labute approximate surface area is 107 Å². The van der Waals surface area contributed by atoms with Gasteiger partial charge in [-0.2, -0.15) is 0 Å². The molecule has 3 rings (SSSR count). The first kappa shape index (κ1) is 11.5. The molecule has 2 nitrogen and oxygen atoms in total. The third kappa shape index (κ3) is 1.52. The summed E-state index contributed by atoms with van der Waals surface area (Å²) >= 11 is 0. The maximum Gasteiger partial charge on any atom is 0.137 e. The van der Waals surface area contributed by atoms with Gasteiger partial charge in [0.05, 0.1) is 0 Å². The highest BCUT2D eigenvalue weighted by atomic mass is 16.3. The Hall–Kier alpha value is -1.57. The molecule has 1 aromatic rings. The van der Waals surface area contributed by atoms with E-state index in [4.69, 9.17) is 0 Å². The van der Waals surface area contributed by atoms with Crippen LogP contribution in [0.25, 0.3) is 0 Å². The van der Waals surface area contributed by atoms with Crippen LogP contribution >= 0.6 is 0 Å². The standard InChI is InChI=1S/C16H18O2/c1-2-16-8-7-14(18)10-12(16)4-3-11-9-13(17)5-6-15(11)16/h4-6,9,17H,2-3,7-8,10H2,1H3/t16-/m1/s1. The van der Waals surface area contributed by atoms with E-state index in [1.54, 1.807) is 6.07 Å². The molecule has 1 saturated carbocycles. The number of phenols is 1. The normalized spacial score (nSPS) is 26.3. The van der Waals surface area contributed by atoms with Gasteiger partial charge in [-0.3, -0.25) is 4.79 Å². The fourth-order valence-electron chi connectivity index (χ4n) is 3.60. The van der Waals surface area contributed by atoms with Crippen LogP contribution in [0.15, 0.2) is 29.8 Å². The van der Waals surface area contributed by atoms with Gasteiger partial charge in [0.2, 0.25) is 0 Å². The predicted molar refractivity (Wildman–Crippen MR) is 70.7 cm³/mol. The molecule has 94 valence electrons. The first-order valence-corrected chi connectivity index (χ1v) is 6.69. The Bertz CT molecular complexity index is 542. The highest BCUT2D eigenvalue weighted by Gasteiger charge is 2.41. The summed E-state index contributed by atoms with van der Waals surface area (Å²) in [6, 6.07) is 5.70. The molecule has 18 heavy (non-hydrogen) atoms. The van der Waals surface area contributed by atoms with Gasteiger partial charge in [0.15, 0.2) is 0 Å². The Morgan fingerprint density at radius 1 is 1.39 bits per heavy atom. The summed E-state index contributed by atoms with van der Waals surface area (Å²) in [6.45, 7) is 2.20. The number of ketones is 1. The first-order valence-electron chi connectivity index (χ1n) is 6.69. The van der Waals surface area contributed by atoms with Crippen molar-refractivity contribution in [2.75, 3.05) is 0 Å². The summed E-state index contributed by atoms with van der Waals surface area (Å²) in [5.41, 5.74) is 3.90. The Morgan fingerprint density at radius 2 is 2.22 bits per heavy atom. The van der Waals surface area contributed by atoms with Crippen LogP contribution in [-0.4, -0.2) is 10.9 Å². The molecule has 1 fully saturated rings. The van der Waals surface area contributed by atoms with Crippen LogP contribution < -0.4 is 0 Å². The molecule has 2 aliphatic rings. The zero-order valence-corrected chi connectivity index (χ0v) is 10.7. The van der Waals surface area contributed by atoms with Crippen LogP contribution in [0.2, 0.25) is 0 Å². The van der Waals surface area contributed by atoms with Gasteiger partial charge >= 0.3 is 0 Å². The van der Waals surface area contributed by atoms with Crippen molar-refractivity contribution in [2.45, 2.75) is 44.4 Å². The smallest absolute Gasteiger partial charge is 0.137 e. The number of carbonyl (C=O) groups is 1. The van der Waals surface area contributed by atoms with Gasteiger partial charge in [-0.05, 0) is 42.5 Å². The molecule has 0 aromatic heterocycles. The molecular formula is C16H18O2. The quantitative estimate of drug-likeness (QED) is 0.767. The minimum atomic E-state index is 0.0508. The molecule has 0 unspecified atom stereocenters. The molecule has 0 saturated heterocycles. The number of fused-ring (bicyclic) bond motifs is 3. The van der Waals surface area contributed by atoms with E-state index in [-0.39, 0.29) is 5.41 Å². The van der Waals surface area contributed by atoms with Gasteiger partial charge in [0.25, 0.3) is 0 Å². The number of carbonyl (C=O) groups excluding carboxylic acids is 1. The topological polar surface area (TPSA) is 37.3 Å². The van der Waals surface area contributed by atoms with Crippen LogP contribution in [0.4, 0.5) is 0 Å². The van der Waals surface area contributed by atoms with Crippen LogP contribution in [0.1, 0.15) is 43.7 Å². The van der Waals surface area contributed by atoms with Gasteiger partial charge in [-0.15, -0.1) is 0 Å². The van der Waals surface area contributed by atoms with Gasteiger partial charge in [0.1, 0.15) is 11.5 Å². The summed E-state index contributed by atoms with van der Waals surface area (Å²) < 4.78 is 0. The lowest BCUT2D eigenvalue weighted by Gasteiger charge is -2.43. The van der Waals surface area contributed by atoms with E-state index in [9.17, 15) is 9.90 Å². The lowest BCUT2D eigenvalue weighted by molar-refractivity contribution is -0.119. The van der Waals surface area contributed by atoms with Crippen LogP contribution in [0, 0.1) is 0 Å². The van der Waals surface area contributed by atoms with Crippen molar-refractivity contribution < 1.29 is 9.90 Å². The number of hydrogen-bond donors (Lipinski definition) is 1. The van der Waals surface area contributed by atoms with Crippen molar-refractivity contribution in [1.29, 1.82) is 0 Å². The van der Waals surface area contributed by atoms with Crippen molar-refractivity contribution in [3.63, 3.8) is 0 Å². The van der Waals surface area contributed by atoms with E-state index in [1.807, 2.05) is 6.07 Å². The van der Waals surface area contributed by atoms with E-state index in [0.29, 0.717) is 24.4 Å². The third-order valence-corrected chi connectivity index (χ3v) is 4.61. The summed E-state index contributed by atoms with van der Waals surface area (Å²) in [5.74, 6) is 0.705. The molecule has 2 heteroatoms. The highest BCUT2D eigenvalue weighted by molar-refractivity contribution is 5.83. The Kier molecular flexibility index (Phi) is 2.54. The fraction of sp³-hybridized carbons (Fsp3) is 0.438. The maximum atomic E-state index is 11.7. The minimum Gasteiger partial charge on any atom is -0.508 e. The second-order valence-corrected chi connectivity index (χ2v) is 5.43. The number of phenolic OH excluding ortho intramolecular Hbond substituents is 1. The molecular weight excluding hydrogens is 224 g/mol. The van der Waals surface area contributed by atoms with Gasteiger partial charge in [0, 0.05) is 18.3 Å². The third-order valence-electron chi connectivity index (χ3n) is 4.61. The van der Waals surface area contributed by atoms with E-state index >= 15 is 0 Å². The van der Waals surface area contributed by atoms with Gasteiger partial charge in [-0.25, -0.2) is 0 Å². The molecule has 1 aromatic carbocycles. The summed E-state index contributed by atoms with van der Waals surface area (Å²) in [5, 5.41) is 9.61. The molecule has 1 atom stereocenters. The van der Waals surface area contributed by atoms with Crippen LogP contribution in [0.3, 0.4) is 0 Å². The van der Waals surface area contributed by atoms with E-state index in [2.05, 4.69) is 19.1 Å². The lowest BCUT2D eigenvalue weighted by Crippen LogP contribution is -2.36. The SMILES string of the molecule is CC[C@@]12CCC(=O)CC1=CCc1cc(O)ccc12. The van der Waals surface area contributed by atoms with Gasteiger partial charge in [-0.1, -0.05) is 24.6 Å².